The molecule has 1 aromatic heterocycles. The number of amides is 1. The molecule has 2 aliphatic heterocycles. The number of rotatable bonds is 3. The topological polar surface area (TPSA) is 67.2 Å². The lowest BCUT2D eigenvalue weighted by Gasteiger charge is -2.31. The third kappa shape index (κ3) is 3.96. The van der Waals surface area contributed by atoms with E-state index in [0.717, 1.165) is 30.0 Å². The van der Waals surface area contributed by atoms with E-state index in [1.165, 1.54) is 5.56 Å². The van der Waals surface area contributed by atoms with Crippen LogP contribution in [-0.4, -0.2) is 47.2 Å². The molecule has 144 valence electrons. The van der Waals surface area contributed by atoms with Gasteiger partial charge in [0.2, 0.25) is 0 Å². The highest BCUT2D eigenvalue weighted by Gasteiger charge is 2.29. The summed E-state index contributed by atoms with van der Waals surface area (Å²) in [7, 11) is 0. The zero-order chi connectivity index (χ0) is 19.5. The molecule has 1 saturated heterocycles. The van der Waals surface area contributed by atoms with Crippen LogP contribution in [0.5, 0.6) is 5.75 Å². The van der Waals surface area contributed by atoms with Gasteiger partial charge in [0.15, 0.2) is 11.6 Å². The number of carbonyl (C=O) groups excluding carboxylic acids is 1. The summed E-state index contributed by atoms with van der Waals surface area (Å²) >= 11 is 0. The Hall–Kier alpha value is -3.02. The smallest absolute Gasteiger partial charge is 0.408 e. The first kappa shape index (κ1) is 18.3. The quantitative estimate of drug-likeness (QED) is 0.818. The number of aromatic nitrogens is 1. The summed E-state index contributed by atoms with van der Waals surface area (Å²) in [4.78, 5) is 27.8. The molecule has 28 heavy (non-hydrogen) atoms. The molecule has 0 N–H and O–H groups in total. The van der Waals surface area contributed by atoms with Gasteiger partial charge in [0.1, 0.15) is 0 Å². The van der Waals surface area contributed by atoms with Gasteiger partial charge >= 0.3 is 6.09 Å². The van der Waals surface area contributed by atoms with Crippen molar-refractivity contribution in [3.05, 3.63) is 59.4 Å². The van der Waals surface area contributed by atoms with Crippen molar-refractivity contribution < 1.29 is 9.53 Å². The Bertz CT molecular complexity index is 926. The van der Waals surface area contributed by atoms with Crippen molar-refractivity contribution in [1.82, 2.24) is 9.88 Å². The number of amidine groups is 1. The minimum Gasteiger partial charge on any atom is -0.408 e. The monoisotopic (exact) mass is 376 g/mol. The van der Waals surface area contributed by atoms with Crippen molar-refractivity contribution in [3.63, 3.8) is 0 Å². The predicted octanol–water partition coefficient (Wildman–Crippen LogP) is 3.81. The van der Waals surface area contributed by atoms with Crippen LogP contribution in [0.2, 0.25) is 0 Å². The van der Waals surface area contributed by atoms with E-state index in [1.54, 1.807) is 23.2 Å². The molecular weight excluding hydrogens is 352 g/mol. The zero-order valence-corrected chi connectivity index (χ0v) is 16.3. The van der Waals surface area contributed by atoms with E-state index >= 15 is 0 Å². The van der Waals surface area contributed by atoms with Crippen LogP contribution in [0.3, 0.4) is 0 Å². The molecule has 1 amide bonds. The van der Waals surface area contributed by atoms with E-state index in [9.17, 15) is 4.79 Å². The normalized spacial score (nSPS) is 17.3. The summed E-state index contributed by atoms with van der Waals surface area (Å²) in [6.45, 7) is 5.90. The van der Waals surface area contributed by atoms with Gasteiger partial charge in [-0.3, -0.25) is 9.98 Å². The van der Waals surface area contributed by atoms with Crippen molar-refractivity contribution in [1.29, 1.82) is 0 Å². The Balaban J connectivity index is 1.33. The van der Waals surface area contributed by atoms with E-state index in [-0.39, 0.29) is 6.09 Å². The number of aryl methyl sites for hydroxylation is 2. The number of likely N-dealkylation sites (tertiary alicyclic amines) is 1. The molecule has 0 bridgehead atoms. The van der Waals surface area contributed by atoms with Gasteiger partial charge in [-0.1, -0.05) is 29.8 Å². The maximum Gasteiger partial charge on any atom is 0.415 e. The van der Waals surface area contributed by atoms with E-state index in [1.807, 2.05) is 6.92 Å². The van der Waals surface area contributed by atoms with Gasteiger partial charge < -0.3 is 9.64 Å². The van der Waals surface area contributed by atoms with Crippen LogP contribution >= 0.6 is 0 Å². The van der Waals surface area contributed by atoms with Crippen molar-refractivity contribution >= 4 is 17.6 Å². The van der Waals surface area contributed by atoms with Crippen LogP contribution < -0.4 is 4.74 Å². The number of benzene rings is 1. The number of aliphatic imine (C=N–C) groups is 2. The number of piperidine rings is 1. The van der Waals surface area contributed by atoms with Crippen LogP contribution in [-0.2, 0) is 0 Å². The molecule has 2 aliphatic rings. The van der Waals surface area contributed by atoms with Crippen molar-refractivity contribution in [3.8, 4) is 5.75 Å². The molecule has 0 atom stereocenters. The van der Waals surface area contributed by atoms with Crippen LogP contribution in [0.1, 0.15) is 29.7 Å². The number of hydrogen-bond acceptors (Lipinski definition) is 5. The highest BCUT2D eigenvalue weighted by atomic mass is 16.6. The maximum absolute atomic E-state index is 12.4. The van der Waals surface area contributed by atoms with Gasteiger partial charge in [-0.2, -0.15) is 0 Å². The highest BCUT2D eigenvalue weighted by molar-refractivity contribution is 6.12. The number of nitrogens with zero attached hydrogens (tertiary/aromatic N) is 4. The van der Waals surface area contributed by atoms with E-state index in [2.05, 4.69) is 41.2 Å². The first-order valence-electron chi connectivity index (χ1n) is 9.67. The Labute approximate surface area is 165 Å². The fraction of sp³-hybridized carbons (Fsp3) is 0.364. The van der Waals surface area contributed by atoms with Crippen LogP contribution in [0.4, 0.5) is 4.79 Å². The SMILES string of the molecule is Cc1ccc(C2=NCC(C3CCN(C(=O)Oc4cccnc4C)CC3)=N2)cc1. The second-order valence-electron chi connectivity index (χ2n) is 7.33. The van der Waals surface area contributed by atoms with Gasteiger partial charge in [-0.05, 0) is 38.8 Å². The molecular formula is C22H24N4O2. The molecule has 6 heteroatoms. The first-order valence-corrected chi connectivity index (χ1v) is 9.67. The molecule has 2 aromatic rings. The second kappa shape index (κ2) is 7.92. The lowest BCUT2D eigenvalue weighted by atomic mass is 9.92. The standard InChI is InChI=1S/C22H24N4O2/c1-15-5-7-18(8-6-15)21-24-14-19(25-21)17-9-12-26(13-10-17)22(27)28-20-4-3-11-23-16(20)2/h3-8,11,17H,9-10,12-14H2,1-2H3. The summed E-state index contributed by atoms with van der Waals surface area (Å²) in [5, 5.41) is 0. The zero-order valence-electron chi connectivity index (χ0n) is 16.3. The molecule has 0 spiro atoms. The summed E-state index contributed by atoms with van der Waals surface area (Å²) in [5.74, 6) is 1.71. The number of hydrogen-bond donors (Lipinski definition) is 0. The van der Waals surface area contributed by atoms with Crippen molar-refractivity contribution in [2.24, 2.45) is 15.9 Å². The predicted molar refractivity (Wildman–Crippen MR) is 109 cm³/mol. The second-order valence-corrected chi connectivity index (χ2v) is 7.33. The van der Waals surface area contributed by atoms with Crippen molar-refractivity contribution in [2.45, 2.75) is 26.7 Å². The molecule has 3 heterocycles. The average molecular weight is 376 g/mol. The largest absolute Gasteiger partial charge is 0.415 e. The Kier molecular flexibility index (Phi) is 5.19. The summed E-state index contributed by atoms with van der Waals surface area (Å²) in [6, 6.07) is 11.8. The van der Waals surface area contributed by atoms with Gasteiger partial charge in [0, 0.05) is 36.5 Å². The Morgan fingerprint density at radius 1 is 1.11 bits per heavy atom. The lowest BCUT2D eigenvalue weighted by molar-refractivity contribution is 0.137. The first-order chi connectivity index (χ1) is 13.6. The molecule has 4 rings (SSSR count). The molecule has 0 radical (unpaired) electrons. The summed E-state index contributed by atoms with van der Waals surface area (Å²) in [6.07, 6.45) is 3.15. The van der Waals surface area contributed by atoms with Crippen LogP contribution in [0, 0.1) is 19.8 Å². The van der Waals surface area contributed by atoms with Crippen LogP contribution in [0.15, 0.2) is 52.6 Å². The highest BCUT2D eigenvalue weighted by Crippen LogP contribution is 2.24. The molecule has 1 fully saturated rings. The molecule has 1 aromatic carbocycles. The molecule has 0 aliphatic carbocycles. The van der Waals surface area contributed by atoms with Crippen LogP contribution in [0.25, 0.3) is 0 Å². The lowest BCUT2D eigenvalue weighted by Crippen LogP contribution is -2.42. The summed E-state index contributed by atoms with van der Waals surface area (Å²) < 4.78 is 5.50. The number of carbonyl (C=O) groups is 1. The van der Waals surface area contributed by atoms with E-state index < -0.39 is 0 Å². The number of pyridine rings is 1. The average Bonchev–Trinajstić information content (AvgIpc) is 3.20. The third-order valence-corrected chi connectivity index (χ3v) is 5.33. The fourth-order valence-electron chi connectivity index (χ4n) is 3.57. The number of ether oxygens (including phenoxy) is 1. The Morgan fingerprint density at radius 3 is 2.57 bits per heavy atom. The van der Waals surface area contributed by atoms with E-state index in [0.29, 0.717) is 37.0 Å². The maximum atomic E-state index is 12.4. The fourth-order valence-corrected chi connectivity index (χ4v) is 3.57. The molecule has 6 nitrogen and oxygen atoms in total. The molecule has 0 unspecified atom stereocenters. The third-order valence-electron chi connectivity index (χ3n) is 5.33. The van der Waals surface area contributed by atoms with Gasteiger partial charge in [0.25, 0.3) is 0 Å². The molecule has 0 saturated carbocycles. The minimum absolute atomic E-state index is 0.306. The Morgan fingerprint density at radius 2 is 1.86 bits per heavy atom. The van der Waals surface area contributed by atoms with Gasteiger partial charge in [-0.15, -0.1) is 0 Å². The van der Waals surface area contributed by atoms with Crippen molar-refractivity contribution in [2.75, 3.05) is 19.6 Å². The summed E-state index contributed by atoms with van der Waals surface area (Å²) in [5.41, 5.74) is 4.14. The van der Waals surface area contributed by atoms with Gasteiger partial charge in [0.05, 0.1) is 12.2 Å². The van der Waals surface area contributed by atoms with E-state index in [4.69, 9.17) is 9.73 Å². The van der Waals surface area contributed by atoms with Gasteiger partial charge in [-0.25, -0.2) is 9.79 Å². The minimum atomic E-state index is -0.306.